The summed E-state index contributed by atoms with van der Waals surface area (Å²) in [5.74, 6) is 0. The molecule has 0 spiro atoms. The van der Waals surface area contributed by atoms with Gasteiger partial charge in [-0.15, -0.1) is 11.8 Å². The molecule has 1 aliphatic rings. The van der Waals surface area contributed by atoms with Crippen LogP contribution in [0.3, 0.4) is 0 Å². The highest BCUT2D eigenvalue weighted by molar-refractivity contribution is 8.01. The van der Waals surface area contributed by atoms with Crippen LogP contribution in [0.4, 0.5) is 0 Å². The summed E-state index contributed by atoms with van der Waals surface area (Å²) in [5, 5.41) is 18.6. The van der Waals surface area contributed by atoms with Crippen LogP contribution in [0.2, 0.25) is 0 Å². The topological polar surface area (TPSA) is 40.5 Å². The zero-order valence-corrected chi connectivity index (χ0v) is 10.7. The molecule has 4 heteroatoms. The minimum atomic E-state index is -1.24. The van der Waals surface area contributed by atoms with Crippen LogP contribution in [0.15, 0.2) is 23.1 Å². The molecule has 0 amide bonds. The molecule has 16 heavy (non-hydrogen) atoms. The summed E-state index contributed by atoms with van der Waals surface area (Å²) in [7, 11) is -1.24. The van der Waals surface area contributed by atoms with E-state index in [-0.39, 0.29) is 10.6 Å². The number of aryl methyl sites for hydroxylation is 1. The van der Waals surface area contributed by atoms with E-state index in [0.29, 0.717) is 0 Å². The van der Waals surface area contributed by atoms with Crippen molar-refractivity contribution in [1.82, 2.24) is 0 Å². The van der Waals surface area contributed by atoms with E-state index in [1.54, 1.807) is 11.8 Å². The van der Waals surface area contributed by atoms with Gasteiger partial charge in [0, 0.05) is 10.0 Å². The molecule has 2 rings (SSSR count). The van der Waals surface area contributed by atoms with Gasteiger partial charge in [-0.3, -0.25) is 0 Å². The summed E-state index contributed by atoms with van der Waals surface area (Å²) < 4.78 is 0. The van der Waals surface area contributed by atoms with Gasteiger partial charge in [-0.05, 0) is 30.4 Å². The molecule has 0 aromatic heterocycles. The van der Waals surface area contributed by atoms with E-state index in [1.807, 2.05) is 0 Å². The molecule has 86 valence electrons. The molecule has 0 saturated heterocycles. The lowest BCUT2D eigenvalue weighted by atomic mass is 9.71. The fourth-order valence-corrected chi connectivity index (χ4v) is 3.94. The predicted molar refractivity (Wildman–Crippen MR) is 68.7 cm³/mol. The number of fused-ring (bicyclic) bond motifs is 1. The zero-order chi connectivity index (χ0) is 11.9. The molecule has 1 atom stereocenters. The third-order valence-electron chi connectivity index (χ3n) is 3.19. The third kappa shape index (κ3) is 2.15. The van der Waals surface area contributed by atoms with Gasteiger partial charge in [0.15, 0.2) is 0 Å². The standard InChI is InChI=1S/C12H17BO2S/c1-8-4-5-9-10(6-8)16-11(13(14)15)7-12(9,2)3/h4-6,11,14-15H,7H2,1-3H3. The molecule has 1 heterocycles. The van der Waals surface area contributed by atoms with Gasteiger partial charge in [0.1, 0.15) is 0 Å². The third-order valence-corrected chi connectivity index (χ3v) is 4.49. The Hall–Kier alpha value is -0.445. The normalized spacial score (nSPS) is 22.7. The van der Waals surface area contributed by atoms with Gasteiger partial charge >= 0.3 is 7.12 Å². The van der Waals surface area contributed by atoms with Gasteiger partial charge in [-0.1, -0.05) is 31.5 Å². The average molecular weight is 236 g/mol. The number of thioether (sulfide) groups is 1. The summed E-state index contributed by atoms with van der Waals surface area (Å²) in [6, 6.07) is 6.42. The van der Waals surface area contributed by atoms with Gasteiger partial charge in [-0.2, -0.15) is 0 Å². The highest BCUT2D eigenvalue weighted by atomic mass is 32.2. The van der Waals surface area contributed by atoms with Gasteiger partial charge in [0.2, 0.25) is 0 Å². The highest BCUT2D eigenvalue weighted by Gasteiger charge is 2.38. The van der Waals surface area contributed by atoms with Crippen molar-refractivity contribution in [3.63, 3.8) is 0 Å². The van der Waals surface area contributed by atoms with Crippen LogP contribution in [0, 0.1) is 6.92 Å². The maximum absolute atomic E-state index is 9.34. The average Bonchev–Trinajstić information content (AvgIpc) is 2.15. The van der Waals surface area contributed by atoms with E-state index >= 15 is 0 Å². The number of benzene rings is 1. The van der Waals surface area contributed by atoms with E-state index in [0.717, 1.165) is 6.42 Å². The molecule has 1 aromatic carbocycles. The summed E-state index contributed by atoms with van der Waals surface area (Å²) in [6.07, 6.45) is 0.797. The first-order valence-corrected chi connectivity index (χ1v) is 6.42. The Bertz CT molecular complexity index is 404. The first kappa shape index (κ1) is 12.0. The van der Waals surface area contributed by atoms with Gasteiger partial charge in [0.25, 0.3) is 0 Å². The molecule has 2 nitrogen and oxygen atoms in total. The van der Waals surface area contributed by atoms with Crippen LogP contribution < -0.4 is 0 Å². The molecule has 0 radical (unpaired) electrons. The lowest BCUT2D eigenvalue weighted by molar-refractivity contribution is 0.378. The fraction of sp³-hybridized carbons (Fsp3) is 0.500. The van der Waals surface area contributed by atoms with Crippen molar-refractivity contribution in [3.8, 4) is 0 Å². The van der Waals surface area contributed by atoms with E-state index in [4.69, 9.17) is 0 Å². The maximum atomic E-state index is 9.34. The van der Waals surface area contributed by atoms with Crippen molar-refractivity contribution in [2.45, 2.75) is 42.7 Å². The van der Waals surface area contributed by atoms with Gasteiger partial charge < -0.3 is 10.0 Å². The quantitative estimate of drug-likeness (QED) is 0.734. The van der Waals surface area contributed by atoms with Crippen molar-refractivity contribution in [2.75, 3.05) is 0 Å². The molecule has 1 unspecified atom stereocenters. The summed E-state index contributed by atoms with van der Waals surface area (Å²) in [5.41, 5.74) is 2.55. The van der Waals surface area contributed by atoms with E-state index in [9.17, 15) is 10.0 Å². The Kier molecular flexibility index (Phi) is 3.08. The van der Waals surface area contributed by atoms with Crippen molar-refractivity contribution in [1.29, 1.82) is 0 Å². The van der Waals surface area contributed by atoms with Crippen molar-refractivity contribution in [2.24, 2.45) is 0 Å². The summed E-state index contributed by atoms with van der Waals surface area (Å²) in [4.78, 5) is 1.19. The number of hydrogen-bond donors (Lipinski definition) is 2. The number of rotatable bonds is 1. The summed E-state index contributed by atoms with van der Waals surface area (Å²) in [6.45, 7) is 6.39. The molecular weight excluding hydrogens is 219 g/mol. The lowest BCUT2D eigenvalue weighted by Crippen LogP contribution is -2.37. The van der Waals surface area contributed by atoms with Crippen LogP contribution in [-0.2, 0) is 5.41 Å². The second-order valence-electron chi connectivity index (χ2n) is 5.16. The SMILES string of the molecule is Cc1ccc2c(c1)SC(B(O)O)CC2(C)C. The second kappa shape index (κ2) is 4.10. The second-order valence-corrected chi connectivity index (χ2v) is 6.44. The molecule has 0 fully saturated rings. The first-order chi connectivity index (χ1) is 7.40. The largest absolute Gasteiger partial charge is 0.465 e. The van der Waals surface area contributed by atoms with Crippen molar-refractivity contribution < 1.29 is 10.0 Å². The van der Waals surface area contributed by atoms with Gasteiger partial charge in [-0.25, -0.2) is 0 Å². The minimum Gasteiger partial charge on any atom is -0.426 e. The predicted octanol–water partition coefficient (Wildman–Crippen LogP) is 2.15. The Morgan fingerprint density at radius 1 is 1.38 bits per heavy atom. The van der Waals surface area contributed by atoms with E-state index in [1.165, 1.54) is 16.0 Å². The highest BCUT2D eigenvalue weighted by Crippen LogP contribution is 2.45. The molecular formula is C12H17BO2S. The van der Waals surface area contributed by atoms with Crippen LogP contribution in [-0.4, -0.2) is 22.3 Å². The minimum absolute atomic E-state index is 0.0165. The maximum Gasteiger partial charge on any atom is 0.465 e. The number of hydrogen-bond acceptors (Lipinski definition) is 3. The lowest BCUT2D eigenvalue weighted by Gasteiger charge is -2.36. The smallest absolute Gasteiger partial charge is 0.426 e. The molecule has 0 aliphatic carbocycles. The Labute approximate surface area is 101 Å². The van der Waals surface area contributed by atoms with E-state index in [2.05, 4.69) is 39.0 Å². The Morgan fingerprint density at radius 2 is 2.06 bits per heavy atom. The molecule has 1 aromatic rings. The molecule has 1 aliphatic heterocycles. The van der Waals surface area contributed by atoms with Crippen molar-refractivity contribution in [3.05, 3.63) is 29.3 Å². The molecule has 2 N–H and O–H groups in total. The monoisotopic (exact) mass is 236 g/mol. The van der Waals surface area contributed by atoms with Crippen molar-refractivity contribution >= 4 is 18.9 Å². The van der Waals surface area contributed by atoms with Crippen LogP contribution in [0.1, 0.15) is 31.4 Å². The molecule has 0 bridgehead atoms. The Morgan fingerprint density at radius 3 is 2.69 bits per heavy atom. The zero-order valence-electron chi connectivity index (χ0n) is 9.90. The Balaban J connectivity index is 2.43. The van der Waals surface area contributed by atoms with Crippen LogP contribution >= 0.6 is 11.8 Å². The van der Waals surface area contributed by atoms with Gasteiger partial charge in [0.05, 0.1) is 0 Å². The fourth-order valence-electron chi connectivity index (χ4n) is 2.27. The van der Waals surface area contributed by atoms with Crippen LogP contribution in [0.25, 0.3) is 0 Å². The molecule has 0 saturated carbocycles. The van der Waals surface area contributed by atoms with Crippen LogP contribution in [0.5, 0.6) is 0 Å². The summed E-state index contributed by atoms with van der Waals surface area (Å²) >= 11 is 1.58. The first-order valence-electron chi connectivity index (χ1n) is 5.54. The van der Waals surface area contributed by atoms with E-state index < -0.39 is 7.12 Å².